The summed E-state index contributed by atoms with van der Waals surface area (Å²) in [6.07, 6.45) is 0. The quantitative estimate of drug-likeness (QED) is 0.584. The van der Waals surface area contributed by atoms with Gasteiger partial charge in [0.05, 0.1) is 5.73 Å². The maximum absolute atomic E-state index is 14.1. The molecule has 1 nitrogen and oxygen atoms in total. The predicted octanol–water partition coefficient (Wildman–Crippen LogP) is 4.13. The molecule has 0 heterocycles. The lowest BCUT2D eigenvalue weighted by atomic mass is 10.2. The van der Waals surface area contributed by atoms with Crippen LogP contribution in [-0.4, -0.2) is 17.1 Å². The molecule has 1 unspecified atom stereocenters. The number of hydrogen-bond acceptors (Lipinski definition) is 1. The standard InChI is InChI=1S/C11H18F2OSi2/c1-15(2,12)11(14-16(3,4)13)10-8-6-5-7-9-10/h5-9,11H,1-4H3. The minimum absolute atomic E-state index is 0.708. The number of halogens is 2. The summed E-state index contributed by atoms with van der Waals surface area (Å²) in [5.41, 5.74) is 0.0280. The molecular formula is C11H18F2OSi2. The maximum atomic E-state index is 14.1. The second-order valence-corrected chi connectivity index (χ2v) is 11.5. The van der Waals surface area contributed by atoms with Crippen LogP contribution in [0.5, 0.6) is 0 Å². The third kappa shape index (κ3) is 4.15. The van der Waals surface area contributed by atoms with Crippen molar-refractivity contribution in [3.8, 4) is 0 Å². The van der Waals surface area contributed by atoms with Crippen molar-refractivity contribution in [1.29, 1.82) is 0 Å². The van der Waals surface area contributed by atoms with Gasteiger partial charge in [-0.1, -0.05) is 30.3 Å². The van der Waals surface area contributed by atoms with E-state index in [-0.39, 0.29) is 0 Å². The summed E-state index contributed by atoms with van der Waals surface area (Å²) in [5, 5.41) is 0. The van der Waals surface area contributed by atoms with Gasteiger partial charge in [-0.25, -0.2) is 0 Å². The van der Waals surface area contributed by atoms with Crippen LogP contribution in [0.4, 0.5) is 8.22 Å². The molecule has 1 atom stereocenters. The van der Waals surface area contributed by atoms with E-state index in [0.29, 0.717) is 0 Å². The molecule has 5 heteroatoms. The fourth-order valence-electron chi connectivity index (χ4n) is 1.51. The molecule has 1 aromatic carbocycles. The van der Waals surface area contributed by atoms with E-state index in [1.54, 1.807) is 25.2 Å². The van der Waals surface area contributed by atoms with Gasteiger partial charge < -0.3 is 8.53 Å². The Balaban J connectivity index is 2.98. The highest BCUT2D eigenvalue weighted by molar-refractivity contribution is 6.73. The topological polar surface area (TPSA) is 9.23 Å². The second kappa shape index (κ2) is 4.77. The van der Waals surface area contributed by atoms with E-state index in [1.807, 2.05) is 18.2 Å². The number of hydrogen-bond donors (Lipinski definition) is 0. The van der Waals surface area contributed by atoms with Crippen molar-refractivity contribution in [2.24, 2.45) is 0 Å². The van der Waals surface area contributed by atoms with E-state index in [1.165, 1.54) is 13.1 Å². The van der Waals surface area contributed by atoms with Crippen molar-refractivity contribution in [1.82, 2.24) is 0 Å². The van der Waals surface area contributed by atoms with Crippen molar-refractivity contribution >= 4 is 17.1 Å². The van der Waals surface area contributed by atoms with Gasteiger partial charge in [-0.2, -0.15) is 0 Å². The van der Waals surface area contributed by atoms with Gasteiger partial charge in [0, 0.05) is 0 Å². The van der Waals surface area contributed by atoms with E-state index in [2.05, 4.69) is 0 Å². The van der Waals surface area contributed by atoms with Gasteiger partial charge in [-0.05, 0) is 31.8 Å². The van der Waals surface area contributed by atoms with Crippen LogP contribution in [0.1, 0.15) is 11.3 Å². The van der Waals surface area contributed by atoms with Crippen LogP contribution in [0.25, 0.3) is 0 Å². The first-order valence-electron chi connectivity index (χ1n) is 5.31. The Bertz CT molecular complexity index is 330. The minimum Gasteiger partial charge on any atom is -0.384 e. The molecule has 0 aliphatic rings. The summed E-state index contributed by atoms with van der Waals surface area (Å²) < 4.78 is 33.1. The van der Waals surface area contributed by atoms with Gasteiger partial charge in [0.1, 0.15) is 0 Å². The Labute approximate surface area is 97.9 Å². The molecule has 0 amide bonds. The van der Waals surface area contributed by atoms with Gasteiger partial charge in [-0.3, -0.25) is 4.11 Å². The highest BCUT2D eigenvalue weighted by Crippen LogP contribution is 2.32. The van der Waals surface area contributed by atoms with E-state index < -0.39 is 22.8 Å². The van der Waals surface area contributed by atoms with Gasteiger partial charge in [-0.15, -0.1) is 0 Å². The van der Waals surface area contributed by atoms with E-state index in [0.717, 1.165) is 5.56 Å². The van der Waals surface area contributed by atoms with Crippen LogP contribution < -0.4 is 0 Å². The van der Waals surface area contributed by atoms with Gasteiger partial charge in [0.25, 0.3) is 8.41 Å². The third-order valence-corrected chi connectivity index (χ3v) is 4.85. The molecule has 16 heavy (non-hydrogen) atoms. The van der Waals surface area contributed by atoms with Gasteiger partial charge in [0.2, 0.25) is 0 Å². The van der Waals surface area contributed by atoms with Crippen LogP contribution >= 0.6 is 0 Å². The molecule has 90 valence electrons. The summed E-state index contributed by atoms with van der Waals surface area (Å²) in [7, 11) is -6.28. The van der Waals surface area contributed by atoms with Crippen molar-refractivity contribution in [2.75, 3.05) is 0 Å². The van der Waals surface area contributed by atoms with Crippen molar-refractivity contribution in [2.45, 2.75) is 31.9 Å². The summed E-state index contributed by atoms with van der Waals surface area (Å²) >= 11 is 0. The molecule has 1 rings (SSSR count). The Morgan fingerprint density at radius 1 is 1.00 bits per heavy atom. The zero-order chi connectivity index (χ0) is 12.4. The lowest BCUT2D eigenvalue weighted by Crippen LogP contribution is -2.38. The van der Waals surface area contributed by atoms with Crippen molar-refractivity contribution in [3.05, 3.63) is 35.9 Å². The van der Waals surface area contributed by atoms with Crippen LogP contribution in [-0.2, 0) is 4.43 Å². The monoisotopic (exact) mass is 260 g/mol. The molecule has 0 aliphatic heterocycles. The normalized spacial score (nSPS) is 14.9. The molecular weight excluding hydrogens is 242 g/mol. The van der Waals surface area contributed by atoms with E-state index in [9.17, 15) is 8.22 Å². The maximum Gasteiger partial charge on any atom is 0.377 e. The summed E-state index contributed by atoms with van der Waals surface area (Å²) in [5.74, 6) is 0. The third-order valence-electron chi connectivity index (χ3n) is 2.12. The average molecular weight is 260 g/mol. The first kappa shape index (κ1) is 13.5. The predicted molar refractivity (Wildman–Crippen MR) is 67.4 cm³/mol. The SMILES string of the molecule is C[Si](C)(F)OC(c1ccccc1)[Si](C)(C)F. The lowest BCUT2D eigenvalue weighted by Gasteiger charge is -2.29. The molecule has 0 aromatic heterocycles. The smallest absolute Gasteiger partial charge is 0.377 e. The van der Waals surface area contributed by atoms with Gasteiger partial charge >= 0.3 is 8.65 Å². The Kier molecular flexibility index (Phi) is 4.03. The first-order valence-corrected chi connectivity index (χ1v) is 11.0. The summed E-state index contributed by atoms with van der Waals surface area (Å²) in [6.45, 7) is 5.96. The fourth-order valence-corrected chi connectivity index (χ4v) is 5.16. The molecule has 0 saturated carbocycles. The van der Waals surface area contributed by atoms with Crippen LogP contribution in [0.3, 0.4) is 0 Å². The summed E-state index contributed by atoms with van der Waals surface area (Å²) in [4.78, 5) is 0. The molecule has 0 radical (unpaired) electrons. The molecule has 1 aromatic rings. The van der Waals surface area contributed by atoms with Crippen LogP contribution in [0.15, 0.2) is 30.3 Å². The molecule has 0 aliphatic carbocycles. The number of rotatable bonds is 4. The Morgan fingerprint density at radius 2 is 1.50 bits per heavy atom. The summed E-state index contributed by atoms with van der Waals surface area (Å²) in [6, 6.07) is 9.07. The zero-order valence-electron chi connectivity index (χ0n) is 10.1. The largest absolute Gasteiger partial charge is 0.384 e. The second-order valence-electron chi connectivity index (χ2n) is 4.84. The fraction of sp³-hybridized carbons (Fsp3) is 0.455. The number of benzene rings is 1. The van der Waals surface area contributed by atoms with Crippen molar-refractivity contribution < 1.29 is 12.6 Å². The Hall–Kier alpha value is -0.526. The average Bonchev–Trinajstić information content (AvgIpc) is 2.13. The molecule has 0 N–H and O–H groups in total. The molecule has 0 spiro atoms. The zero-order valence-corrected chi connectivity index (χ0v) is 12.1. The Morgan fingerprint density at radius 3 is 1.88 bits per heavy atom. The van der Waals surface area contributed by atoms with Crippen LogP contribution in [0, 0.1) is 0 Å². The first-order chi connectivity index (χ1) is 7.20. The van der Waals surface area contributed by atoms with E-state index in [4.69, 9.17) is 4.43 Å². The molecule has 0 bridgehead atoms. The highest BCUT2D eigenvalue weighted by atomic mass is 28.4. The van der Waals surface area contributed by atoms with Crippen molar-refractivity contribution in [3.63, 3.8) is 0 Å². The van der Waals surface area contributed by atoms with Crippen LogP contribution in [0.2, 0.25) is 26.2 Å². The molecule has 0 saturated heterocycles. The highest BCUT2D eigenvalue weighted by Gasteiger charge is 2.40. The molecule has 0 fully saturated rings. The minimum atomic E-state index is -3.22. The van der Waals surface area contributed by atoms with Gasteiger partial charge in [0.15, 0.2) is 0 Å². The van der Waals surface area contributed by atoms with E-state index >= 15 is 0 Å². The lowest BCUT2D eigenvalue weighted by molar-refractivity contribution is 0.226.